The minimum Gasteiger partial charge on any atom is -0.367 e. The molecule has 0 radical (unpaired) electrons. The van der Waals surface area contributed by atoms with E-state index in [1.165, 1.54) is 10.8 Å². The van der Waals surface area contributed by atoms with E-state index in [0.29, 0.717) is 0 Å². The lowest BCUT2D eigenvalue weighted by molar-refractivity contribution is 0.313. The van der Waals surface area contributed by atoms with Gasteiger partial charge in [0.25, 0.3) is 0 Å². The lowest BCUT2D eigenvalue weighted by atomic mass is 9.99. The predicted octanol–water partition coefficient (Wildman–Crippen LogP) is 3.86. The Balaban J connectivity index is 1.88. The molecule has 0 aliphatic carbocycles. The Morgan fingerprint density at radius 3 is 2.52 bits per heavy atom. The fourth-order valence-corrected chi connectivity index (χ4v) is 4.00. The predicted molar refractivity (Wildman–Crippen MR) is 107 cm³/mol. The van der Waals surface area contributed by atoms with Crippen molar-refractivity contribution in [1.29, 1.82) is 0 Å². The molecule has 3 aromatic rings. The van der Waals surface area contributed by atoms with Crippen LogP contribution in [0.2, 0.25) is 0 Å². The number of nitrogens with zero attached hydrogens (tertiary/aromatic N) is 3. The first-order valence-corrected chi connectivity index (χ1v) is 9.24. The van der Waals surface area contributed by atoms with Gasteiger partial charge in [-0.15, -0.1) is 0 Å². The van der Waals surface area contributed by atoms with Gasteiger partial charge in [0.2, 0.25) is 6.41 Å². The molecular weight excluding hydrogens is 378 g/mol. The van der Waals surface area contributed by atoms with Crippen LogP contribution < -0.4 is 4.90 Å². The summed E-state index contributed by atoms with van der Waals surface area (Å²) in [6.45, 7) is 4.01. The maximum Gasteiger partial charge on any atom is 0.217 e. The first-order valence-electron chi connectivity index (χ1n) is 8.44. The van der Waals surface area contributed by atoms with Crippen LogP contribution in [0.5, 0.6) is 0 Å². The summed E-state index contributed by atoms with van der Waals surface area (Å²) in [6, 6.07) is 12.7. The Bertz CT molecular complexity index is 926. The van der Waals surface area contributed by atoms with Crippen molar-refractivity contribution < 1.29 is 4.79 Å². The van der Waals surface area contributed by atoms with Crippen LogP contribution in [0.25, 0.3) is 21.9 Å². The van der Waals surface area contributed by atoms with E-state index in [9.17, 15) is 4.79 Å². The third-order valence-electron chi connectivity index (χ3n) is 4.91. The van der Waals surface area contributed by atoms with Crippen molar-refractivity contribution in [3.05, 3.63) is 53.3 Å². The molecule has 1 aromatic heterocycles. The number of piperazine rings is 1. The number of carbonyl (C=O) groups is 1. The van der Waals surface area contributed by atoms with Crippen LogP contribution in [0.4, 0.5) is 5.69 Å². The highest BCUT2D eigenvalue weighted by Gasteiger charge is 2.21. The van der Waals surface area contributed by atoms with Crippen molar-refractivity contribution in [3.63, 3.8) is 0 Å². The zero-order valence-electron chi connectivity index (χ0n) is 14.2. The topological polar surface area (TPSA) is 28.5 Å². The van der Waals surface area contributed by atoms with Gasteiger partial charge in [-0.3, -0.25) is 9.36 Å². The number of carbonyl (C=O) groups excluding carboxylic acids is 1. The lowest BCUT2D eigenvalue weighted by Gasteiger charge is -2.34. The quantitative estimate of drug-likeness (QED) is 0.628. The summed E-state index contributed by atoms with van der Waals surface area (Å²) < 4.78 is 2.67. The first-order chi connectivity index (χ1) is 12.2. The molecule has 4 nitrogen and oxygen atoms in total. The molecule has 128 valence electrons. The van der Waals surface area contributed by atoms with Crippen LogP contribution in [-0.4, -0.2) is 49.1 Å². The molecule has 1 saturated heterocycles. The molecule has 0 N–H and O–H groups in total. The highest BCUT2D eigenvalue weighted by atomic mass is 79.9. The molecule has 25 heavy (non-hydrogen) atoms. The van der Waals surface area contributed by atoms with E-state index in [2.05, 4.69) is 69.2 Å². The standard InChI is InChI=1S/C20H20BrN3O/c1-22-6-8-24(9-7-22)20-13-23(14-25)12-19(20)18-11-16(21)10-15-4-2-3-5-17(15)18/h2-5,10-14H,6-9H2,1H3. The van der Waals surface area contributed by atoms with E-state index in [1.54, 1.807) is 4.57 Å². The molecule has 1 aliphatic rings. The van der Waals surface area contributed by atoms with E-state index in [1.807, 2.05) is 12.4 Å². The number of aromatic nitrogens is 1. The molecule has 0 unspecified atom stereocenters. The molecule has 1 aliphatic heterocycles. The Labute approximate surface area is 155 Å². The zero-order chi connectivity index (χ0) is 17.4. The summed E-state index contributed by atoms with van der Waals surface area (Å²) >= 11 is 3.64. The maximum atomic E-state index is 11.4. The third kappa shape index (κ3) is 3.10. The Kier molecular flexibility index (Phi) is 4.36. The first kappa shape index (κ1) is 16.4. The fraction of sp³-hybridized carbons (Fsp3) is 0.250. The van der Waals surface area contributed by atoms with E-state index < -0.39 is 0 Å². The summed E-state index contributed by atoms with van der Waals surface area (Å²) in [5.74, 6) is 0. The molecular formula is C20H20BrN3O. The number of fused-ring (bicyclic) bond motifs is 1. The second kappa shape index (κ2) is 6.65. The minimum atomic E-state index is 0.864. The van der Waals surface area contributed by atoms with Gasteiger partial charge < -0.3 is 9.80 Å². The summed E-state index contributed by atoms with van der Waals surface area (Å²) in [4.78, 5) is 16.1. The van der Waals surface area contributed by atoms with Gasteiger partial charge in [0.15, 0.2) is 0 Å². The number of benzene rings is 2. The SMILES string of the molecule is CN1CCN(c2cn(C=O)cc2-c2cc(Br)cc3ccccc23)CC1. The van der Waals surface area contributed by atoms with E-state index >= 15 is 0 Å². The highest BCUT2D eigenvalue weighted by Crippen LogP contribution is 2.38. The Morgan fingerprint density at radius 2 is 1.76 bits per heavy atom. The maximum absolute atomic E-state index is 11.4. The second-order valence-corrected chi connectivity index (χ2v) is 7.49. The molecule has 4 rings (SSSR count). The van der Waals surface area contributed by atoms with Crippen molar-refractivity contribution in [1.82, 2.24) is 9.47 Å². The van der Waals surface area contributed by atoms with E-state index in [4.69, 9.17) is 0 Å². The Hall–Kier alpha value is -2.11. The minimum absolute atomic E-state index is 0.864. The van der Waals surface area contributed by atoms with Crippen molar-refractivity contribution in [2.45, 2.75) is 0 Å². The Morgan fingerprint density at radius 1 is 1.00 bits per heavy atom. The molecule has 0 atom stereocenters. The van der Waals surface area contributed by atoms with Crippen LogP contribution in [0.15, 0.2) is 53.3 Å². The van der Waals surface area contributed by atoms with Crippen LogP contribution in [0.3, 0.4) is 0 Å². The smallest absolute Gasteiger partial charge is 0.217 e. The summed E-state index contributed by atoms with van der Waals surface area (Å²) in [5, 5.41) is 2.39. The van der Waals surface area contributed by atoms with Crippen LogP contribution in [0, 0.1) is 0 Å². The third-order valence-corrected chi connectivity index (χ3v) is 5.37. The van der Waals surface area contributed by atoms with Gasteiger partial charge in [0.05, 0.1) is 5.69 Å². The molecule has 2 heterocycles. The van der Waals surface area contributed by atoms with Crippen molar-refractivity contribution in [2.24, 2.45) is 0 Å². The number of halogens is 1. The normalized spacial score (nSPS) is 15.7. The largest absolute Gasteiger partial charge is 0.367 e. The van der Waals surface area contributed by atoms with Crippen LogP contribution in [0.1, 0.15) is 0 Å². The molecule has 0 amide bonds. The van der Waals surface area contributed by atoms with Crippen molar-refractivity contribution >= 4 is 38.8 Å². The highest BCUT2D eigenvalue weighted by molar-refractivity contribution is 9.10. The van der Waals surface area contributed by atoms with Gasteiger partial charge >= 0.3 is 0 Å². The van der Waals surface area contributed by atoms with Crippen molar-refractivity contribution in [3.8, 4) is 11.1 Å². The number of likely N-dealkylation sites (N-methyl/N-ethyl adjacent to an activating group) is 1. The van der Waals surface area contributed by atoms with Crippen LogP contribution in [-0.2, 0) is 4.79 Å². The number of anilines is 1. The molecule has 0 saturated carbocycles. The summed E-state index contributed by atoms with van der Waals surface area (Å²) in [6.07, 6.45) is 4.75. The number of rotatable bonds is 3. The summed E-state index contributed by atoms with van der Waals surface area (Å²) in [7, 11) is 2.15. The van der Waals surface area contributed by atoms with Gasteiger partial charge in [-0.2, -0.15) is 0 Å². The molecule has 2 aromatic carbocycles. The number of hydrogen-bond acceptors (Lipinski definition) is 3. The van der Waals surface area contributed by atoms with Gasteiger partial charge in [-0.25, -0.2) is 0 Å². The van der Waals surface area contributed by atoms with Gasteiger partial charge in [-0.05, 0) is 35.5 Å². The molecule has 1 fully saturated rings. The van der Waals surface area contributed by atoms with Crippen LogP contribution >= 0.6 is 15.9 Å². The molecule has 0 bridgehead atoms. The van der Waals surface area contributed by atoms with Gasteiger partial charge in [0.1, 0.15) is 0 Å². The monoisotopic (exact) mass is 397 g/mol. The van der Waals surface area contributed by atoms with E-state index in [0.717, 1.165) is 53.9 Å². The van der Waals surface area contributed by atoms with Crippen molar-refractivity contribution in [2.75, 3.05) is 38.1 Å². The summed E-state index contributed by atoms with van der Waals surface area (Å²) in [5.41, 5.74) is 3.39. The fourth-order valence-electron chi connectivity index (χ4n) is 3.53. The average Bonchev–Trinajstić information content (AvgIpc) is 3.06. The van der Waals surface area contributed by atoms with Gasteiger partial charge in [-0.1, -0.05) is 40.2 Å². The van der Waals surface area contributed by atoms with E-state index in [-0.39, 0.29) is 0 Å². The van der Waals surface area contributed by atoms with Gasteiger partial charge in [0, 0.05) is 48.6 Å². The average molecular weight is 398 g/mol. The molecule has 5 heteroatoms. The lowest BCUT2D eigenvalue weighted by Crippen LogP contribution is -2.44. The second-order valence-electron chi connectivity index (χ2n) is 6.57. The zero-order valence-corrected chi connectivity index (χ0v) is 15.7. The molecule has 0 spiro atoms. The number of hydrogen-bond donors (Lipinski definition) is 0.